The molecule has 0 bridgehead atoms. The topological polar surface area (TPSA) is 189 Å². The third-order valence-corrected chi connectivity index (χ3v) is 18.7. The maximum atomic E-state index is 13.6. The van der Waals surface area contributed by atoms with Crippen molar-refractivity contribution < 1.29 is 58.2 Å². The van der Waals surface area contributed by atoms with Crippen LogP contribution in [0.1, 0.15) is 221 Å². The first-order valence-electron chi connectivity index (χ1n) is 34.2. The van der Waals surface area contributed by atoms with Crippen LogP contribution in [0.2, 0.25) is 0 Å². The van der Waals surface area contributed by atoms with Gasteiger partial charge in [-0.2, -0.15) is 0 Å². The zero-order chi connectivity index (χ0) is 68.2. The molecule has 14 nitrogen and oxygen atoms in total. The number of allylic oxidation sites excluding steroid dienone is 3. The highest BCUT2D eigenvalue weighted by atomic mass is 16.5. The zero-order valence-electron chi connectivity index (χ0n) is 57.4. The van der Waals surface area contributed by atoms with Gasteiger partial charge >= 0.3 is 17.9 Å². The molecule has 0 spiro atoms. The van der Waals surface area contributed by atoms with E-state index in [4.69, 9.17) is 18.9 Å². The van der Waals surface area contributed by atoms with Crippen molar-refractivity contribution in [1.29, 1.82) is 0 Å². The lowest BCUT2D eigenvalue weighted by atomic mass is 9.83. The van der Waals surface area contributed by atoms with Crippen molar-refractivity contribution in [3.63, 3.8) is 0 Å². The lowest BCUT2D eigenvalue weighted by Gasteiger charge is -2.34. The molecule has 5 aromatic rings. The number of benzene rings is 5. The largest absolute Gasteiger partial charge is 0.507 e. The summed E-state index contributed by atoms with van der Waals surface area (Å²) in [6.07, 6.45) is 15.6. The molecule has 0 radical (unpaired) electrons. The SMILES string of the molecule is C=C(C)c1cc(C(=O)N2CCC(C[C@@H](CC(C)C)C(=O)OC3CCCC3)CC2)c(C)cc1OCc1ccccc1.C=C(C)c1cc(C(=O)N2CCC(C[C@@H](CC(C)C)C(=O)OC3CCCC3)CC2)c(O)cc1O.C=C(C)c1cc(C(=O)O)c(C)cc1OCc1ccccc1. The number of carboxylic acids is 1. The molecule has 9 rings (SSSR count). The molecule has 2 atom stereocenters. The highest BCUT2D eigenvalue weighted by Crippen LogP contribution is 2.38. The number of hydrogen-bond acceptors (Lipinski definition) is 11. The molecule has 3 N–H and O–H groups in total. The van der Waals surface area contributed by atoms with E-state index in [0.717, 1.165) is 147 Å². The van der Waals surface area contributed by atoms with Gasteiger partial charge in [0.15, 0.2) is 0 Å². The molecule has 14 heteroatoms. The van der Waals surface area contributed by atoms with Crippen LogP contribution in [-0.2, 0) is 32.3 Å². The van der Waals surface area contributed by atoms with Crippen molar-refractivity contribution in [3.05, 3.63) is 172 Å². The summed E-state index contributed by atoms with van der Waals surface area (Å²) in [5.41, 5.74) is 9.25. The van der Waals surface area contributed by atoms with E-state index in [1.807, 2.05) is 98.5 Å². The number of phenols is 2. The molecule has 0 aromatic heterocycles. The number of carbonyl (C=O) groups excluding carboxylic acids is 4. The van der Waals surface area contributed by atoms with Crippen LogP contribution < -0.4 is 9.47 Å². The second-order valence-electron chi connectivity index (χ2n) is 27.7. The number of aryl methyl sites for hydroxylation is 2. The first-order chi connectivity index (χ1) is 44.8. The monoisotopic (exact) mass is 1280 g/mol. The minimum atomic E-state index is -0.940. The predicted octanol–water partition coefficient (Wildman–Crippen LogP) is 17.8. The van der Waals surface area contributed by atoms with Crippen LogP contribution in [0, 0.1) is 49.4 Å². The van der Waals surface area contributed by atoms with Crippen molar-refractivity contribution >= 4 is 46.4 Å². The molecule has 5 aromatic carbocycles. The van der Waals surface area contributed by atoms with E-state index in [0.29, 0.717) is 91.1 Å². The highest BCUT2D eigenvalue weighted by Gasteiger charge is 2.34. The number of amides is 2. The van der Waals surface area contributed by atoms with Crippen LogP contribution in [0.15, 0.2) is 117 Å². The lowest BCUT2D eigenvalue weighted by Crippen LogP contribution is -2.39. The van der Waals surface area contributed by atoms with Gasteiger partial charge in [-0.1, -0.05) is 108 Å². The van der Waals surface area contributed by atoms with E-state index >= 15 is 0 Å². The predicted molar refractivity (Wildman–Crippen MR) is 374 cm³/mol. The van der Waals surface area contributed by atoms with Crippen molar-refractivity contribution in [2.24, 2.45) is 35.5 Å². The van der Waals surface area contributed by atoms with Crippen molar-refractivity contribution in [3.8, 4) is 23.0 Å². The van der Waals surface area contributed by atoms with E-state index in [1.165, 1.54) is 12.1 Å². The Bertz CT molecular complexity index is 3400. The number of hydrogen-bond donors (Lipinski definition) is 3. The first-order valence-corrected chi connectivity index (χ1v) is 34.2. The van der Waals surface area contributed by atoms with Crippen LogP contribution in [0.5, 0.6) is 23.0 Å². The summed E-state index contributed by atoms with van der Waals surface area (Å²) in [4.78, 5) is 67.6. The number of phenolic OH excluding ortho intramolecular Hbond substituents is 2. The fraction of sp³-hybridized carbons (Fsp3) is 0.487. The van der Waals surface area contributed by atoms with Gasteiger partial charge in [0.25, 0.3) is 11.8 Å². The van der Waals surface area contributed by atoms with Gasteiger partial charge in [0.05, 0.1) is 23.0 Å². The number of carbonyl (C=O) groups is 5. The minimum absolute atomic E-state index is 0.00312. The standard InChI is InChI=1S/C35H47NO4.C27H39NO5.C18H18O3/c1-24(2)19-29(35(38)40-30-13-9-10-14-30)21-27-15-17-36(18-16-27)34(37)32-22-31(25(3)4)33(20-26(32)5)39-23-28-11-7-6-8-12-28;1-17(2)13-20(27(32)33-21-7-5-6-8-21)14-19-9-11-28(12-10-19)26(31)23-15-22(18(3)4)24(29)16-25(23)30;1-12(2)15-10-16(18(19)20)13(3)9-17(15)21-11-14-7-5-4-6-8-14/h6-8,11-12,20,22,24,27,29-30H,3,9-10,13-19,21,23H2,1-2,4-5H3;15-17,19-21,29-30H,3,5-14H2,1-2,4H3;4-10H,1,11H2,2-3H3,(H,19,20)/t29-;20-;/m11./s1. The van der Waals surface area contributed by atoms with Gasteiger partial charge in [-0.25, -0.2) is 4.79 Å². The molecule has 2 aliphatic heterocycles. The number of carboxylic acid groups (broad SMARTS) is 1. The van der Waals surface area contributed by atoms with Crippen LogP contribution >= 0.6 is 0 Å². The molecule has 2 saturated heterocycles. The third kappa shape index (κ3) is 21.4. The molecule has 0 unspecified atom stereocenters. The Morgan fingerprint density at radius 2 is 0.830 bits per heavy atom. The summed E-state index contributed by atoms with van der Waals surface area (Å²) in [5, 5.41) is 29.5. The quantitative estimate of drug-likeness (QED) is 0.0497. The van der Waals surface area contributed by atoms with Gasteiger partial charge < -0.3 is 44.1 Å². The molecule has 4 aliphatic rings. The molecule has 2 aliphatic carbocycles. The Morgan fingerprint density at radius 1 is 0.479 bits per heavy atom. The Balaban J connectivity index is 0.000000209. The smallest absolute Gasteiger partial charge is 0.335 e. The summed E-state index contributed by atoms with van der Waals surface area (Å²) in [6.45, 7) is 33.3. The maximum absolute atomic E-state index is 13.6. The van der Waals surface area contributed by atoms with Gasteiger partial charge in [0, 0.05) is 54.5 Å². The number of aromatic hydroxyl groups is 2. The van der Waals surface area contributed by atoms with Crippen LogP contribution in [0.4, 0.5) is 0 Å². The fourth-order valence-corrected chi connectivity index (χ4v) is 13.4. The number of ether oxygens (including phenoxy) is 4. The number of nitrogens with zero attached hydrogens (tertiary/aromatic N) is 2. The zero-order valence-corrected chi connectivity index (χ0v) is 57.4. The average molecular weight is 1290 g/mol. The fourth-order valence-electron chi connectivity index (χ4n) is 13.4. The van der Waals surface area contributed by atoms with E-state index < -0.39 is 5.97 Å². The second kappa shape index (κ2) is 35.4. The molecule has 2 amide bonds. The van der Waals surface area contributed by atoms with Gasteiger partial charge in [-0.3, -0.25) is 19.2 Å². The van der Waals surface area contributed by atoms with Crippen LogP contribution in [-0.4, -0.2) is 93.2 Å². The number of piperidine rings is 2. The Kier molecular flexibility index (Phi) is 27.6. The Hall–Kier alpha value is -8.13. The van der Waals surface area contributed by atoms with Crippen LogP contribution in [0.25, 0.3) is 16.7 Å². The summed E-state index contributed by atoms with van der Waals surface area (Å²) >= 11 is 0. The molecule has 4 fully saturated rings. The first kappa shape index (κ1) is 73.3. The molecular weight excluding hydrogens is 1180 g/mol. The molecule has 94 heavy (non-hydrogen) atoms. The maximum Gasteiger partial charge on any atom is 0.335 e. The Labute approximate surface area is 559 Å². The summed E-state index contributed by atoms with van der Waals surface area (Å²) in [5.74, 6) is 1.48. The Morgan fingerprint density at radius 3 is 1.20 bits per heavy atom. The average Bonchev–Trinajstić information content (AvgIpc) is 0.870. The van der Waals surface area contributed by atoms with Gasteiger partial charge in [0.1, 0.15) is 48.4 Å². The van der Waals surface area contributed by atoms with Gasteiger partial charge in [-0.05, 0) is 230 Å². The van der Waals surface area contributed by atoms with E-state index in [2.05, 4.69) is 47.4 Å². The van der Waals surface area contributed by atoms with Crippen molar-refractivity contribution in [1.82, 2.24) is 9.80 Å². The highest BCUT2D eigenvalue weighted by molar-refractivity contribution is 5.99. The van der Waals surface area contributed by atoms with E-state index in [1.54, 1.807) is 30.9 Å². The molecule has 2 heterocycles. The van der Waals surface area contributed by atoms with E-state index in [9.17, 15) is 39.3 Å². The van der Waals surface area contributed by atoms with Crippen molar-refractivity contribution in [2.45, 2.75) is 190 Å². The number of likely N-dealkylation sites (tertiary alicyclic amines) is 2. The third-order valence-electron chi connectivity index (χ3n) is 18.7. The van der Waals surface area contributed by atoms with Crippen LogP contribution in [0.3, 0.4) is 0 Å². The van der Waals surface area contributed by atoms with Crippen molar-refractivity contribution in [2.75, 3.05) is 26.2 Å². The second-order valence-corrected chi connectivity index (χ2v) is 27.7. The minimum Gasteiger partial charge on any atom is -0.507 e. The van der Waals surface area contributed by atoms with Gasteiger partial charge in [-0.15, -0.1) is 0 Å². The summed E-state index contributed by atoms with van der Waals surface area (Å²) < 4.78 is 23.7. The number of aromatic carboxylic acids is 1. The number of rotatable bonds is 24. The molecule has 506 valence electrons. The molecule has 2 saturated carbocycles. The summed E-state index contributed by atoms with van der Waals surface area (Å²) in [6, 6.07) is 29.9. The normalized spacial score (nSPS) is 16.1. The van der Waals surface area contributed by atoms with Gasteiger partial charge in [0.2, 0.25) is 0 Å². The van der Waals surface area contributed by atoms with E-state index in [-0.39, 0.29) is 70.4 Å². The summed E-state index contributed by atoms with van der Waals surface area (Å²) in [7, 11) is 0. The number of esters is 2. The lowest BCUT2D eigenvalue weighted by molar-refractivity contribution is -0.156. The molecular formula is C80H104N2O12.